The Kier molecular flexibility index (Phi) is 5.69. The molecule has 0 aliphatic carbocycles. The van der Waals surface area contributed by atoms with Crippen LogP contribution >= 0.6 is 11.6 Å². The van der Waals surface area contributed by atoms with Gasteiger partial charge in [0.2, 0.25) is 5.91 Å². The van der Waals surface area contributed by atoms with E-state index in [-0.39, 0.29) is 17.9 Å². The number of hydrogen-bond acceptors (Lipinski definition) is 3. The lowest BCUT2D eigenvalue weighted by molar-refractivity contribution is -0.122. The number of nitrogens with zero attached hydrogens (tertiary/aromatic N) is 1. The molecule has 0 unspecified atom stereocenters. The van der Waals surface area contributed by atoms with E-state index in [0.29, 0.717) is 18.1 Å². The van der Waals surface area contributed by atoms with Crippen LogP contribution in [0.3, 0.4) is 0 Å². The number of H-pyrrole nitrogens is 1. The highest BCUT2D eigenvalue weighted by Gasteiger charge is 2.22. The summed E-state index contributed by atoms with van der Waals surface area (Å²) in [6, 6.07) is 13.5. The molecule has 0 spiro atoms. The third kappa shape index (κ3) is 4.21. The van der Waals surface area contributed by atoms with E-state index < -0.39 is 0 Å². The summed E-state index contributed by atoms with van der Waals surface area (Å²) >= 11 is 6.14. The quantitative estimate of drug-likeness (QED) is 0.678. The summed E-state index contributed by atoms with van der Waals surface area (Å²) in [5.74, 6) is -0.0705. The number of fused-ring (bicyclic) bond motifs is 2. The zero-order chi connectivity index (χ0) is 20.4. The maximum absolute atomic E-state index is 13.1. The summed E-state index contributed by atoms with van der Waals surface area (Å²) in [7, 11) is 0. The molecule has 4 rings (SSSR count). The first-order valence-electron chi connectivity index (χ1n) is 9.94. The van der Waals surface area contributed by atoms with Crippen LogP contribution in [0, 0.1) is 0 Å². The molecule has 3 aromatic rings. The van der Waals surface area contributed by atoms with Gasteiger partial charge >= 0.3 is 0 Å². The molecule has 2 N–H and O–H groups in total. The summed E-state index contributed by atoms with van der Waals surface area (Å²) in [5.41, 5.74) is 4.76. The maximum Gasteiger partial charge on any atom is 0.234 e. The second-order valence-corrected chi connectivity index (χ2v) is 7.88. The SMILES string of the molecule is CCc1ccc2[nH]c3c(c(=O)c2c1)CN(CC(=O)NCc1ccccc1Cl)CC3. The van der Waals surface area contributed by atoms with E-state index >= 15 is 0 Å². The third-order valence-corrected chi connectivity index (χ3v) is 5.89. The Morgan fingerprint density at radius 3 is 2.86 bits per heavy atom. The summed E-state index contributed by atoms with van der Waals surface area (Å²) in [5, 5.41) is 4.29. The molecular weight excluding hydrogens is 386 g/mol. The van der Waals surface area contributed by atoms with Crippen molar-refractivity contribution in [2.75, 3.05) is 13.1 Å². The number of halogens is 1. The van der Waals surface area contributed by atoms with E-state index in [9.17, 15) is 9.59 Å². The van der Waals surface area contributed by atoms with Gasteiger partial charge in [0.25, 0.3) is 0 Å². The van der Waals surface area contributed by atoms with Crippen molar-refractivity contribution < 1.29 is 4.79 Å². The molecule has 0 saturated carbocycles. The summed E-state index contributed by atoms with van der Waals surface area (Å²) in [6.07, 6.45) is 1.62. The van der Waals surface area contributed by atoms with Crippen molar-refractivity contribution in [1.82, 2.24) is 15.2 Å². The summed E-state index contributed by atoms with van der Waals surface area (Å²) in [4.78, 5) is 30.9. The lowest BCUT2D eigenvalue weighted by Crippen LogP contribution is -2.41. The van der Waals surface area contributed by atoms with Crippen molar-refractivity contribution in [2.45, 2.75) is 32.9 Å². The van der Waals surface area contributed by atoms with Gasteiger partial charge in [-0.25, -0.2) is 0 Å². The molecule has 5 nitrogen and oxygen atoms in total. The van der Waals surface area contributed by atoms with Crippen molar-refractivity contribution in [2.24, 2.45) is 0 Å². The van der Waals surface area contributed by atoms with E-state index in [2.05, 4.69) is 23.3 Å². The van der Waals surface area contributed by atoms with Gasteiger partial charge in [0.1, 0.15) is 0 Å². The minimum atomic E-state index is -0.0705. The molecule has 2 aromatic carbocycles. The van der Waals surface area contributed by atoms with E-state index in [4.69, 9.17) is 11.6 Å². The number of rotatable bonds is 5. The Bertz CT molecular complexity index is 1120. The number of carbonyl (C=O) groups excluding carboxylic acids is 1. The predicted octanol–water partition coefficient (Wildman–Crippen LogP) is 3.42. The van der Waals surface area contributed by atoms with Gasteiger partial charge in [0.05, 0.1) is 6.54 Å². The number of carbonyl (C=O) groups is 1. The zero-order valence-corrected chi connectivity index (χ0v) is 17.2. The molecule has 0 saturated heterocycles. The minimum Gasteiger partial charge on any atom is -0.358 e. The maximum atomic E-state index is 13.1. The number of aromatic nitrogens is 1. The van der Waals surface area contributed by atoms with Crippen molar-refractivity contribution in [3.63, 3.8) is 0 Å². The van der Waals surface area contributed by atoms with Gasteiger partial charge in [-0.05, 0) is 35.7 Å². The van der Waals surface area contributed by atoms with E-state index in [0.717, 1.165) is 52.7 Å². The normalized spacial score (nSPS) is 14.0. The minimum absolute atomic E-state index is 0.0705. The molecular formula is C23H24ClN3O2. The van der Waals surface area contributed by atoms with Crippen LogP contribution in [0.1, 0.15) is 29.3 Å². The predicted molar refractivity (Wildman–Crippen MR) is 116 cm³/mol. The third-order valence-electron chi connectivity index (χ3n) is 5.52. The van der Waals surface area contributed by atoms with Gasteiger partial charge in [-0.1, -0.05) is 42.8 Å². The number of benzene rings is 2. The Morgan fingerprint density at radius 1 is 1.24 bits per heavy atom. The molecule has 2 heterocycles. The van der Waals surface area contributed by atoms with Crippen LogP contribution in [-0.4, -0.2) is 28.9 Å². The monoisotopic (exact) mass is 409 g/mol. The summed E-state index contributed by atoms with van der Waals surface area (Å²) < 4.78 is 0. The second-order valence-electron chi connectivity index (χ2n) is 7.47. The van der Waals surface area contributed by atoms with Crippen LogP contribution in [0.2, 0.25) is 5.02 Å². The fourth-order valence-corrected chi connectivity index (χ4v) is 4.03. The van der Waals surface area contributed by atoms with Gasteiger partial charge in [-0.3, -0.25) is 14.5 Å². The zero-order valence-electron chi connectivity index (χ0n) is 16.4. The first-order valence-corrected chi connectivity index (χ1v) is 10.3. The van der Waals surface area contributed by atoms with Crippen LogP contribution in [0.5, 0.6) is 0 Å². The van der Waals surface area contributed by atoms with E-state index in [1.165, 1.54) is 0 Å². The number of hydrogen-bond donors (Lipinski definition) is 2. The molecule has 1 aliphatic heterocycles. The fourth-order valence-electron chi connectivity index (χ4n) is 3.83. The van der Waals surface area contributed by atoms with Crippen molar-refractivity contribution >= 4 is 28.4 Å². The van der Waals surface area contributed by atoms with Gasteiger partial charge in [-0.2, -0.15) is 0 Å². The molecule has 6 heteroatoms. The first-order chi connectivity index (χ1) is 14.0. The highest BCUT2D eigenvalue weighted by molar-refractivity contribution is 6.31. The van der Waals surface area contributed by atoms with E-state index in [1.54, 1.807) is 0 Å². The smallest absolute Gasteiger partial charge is 0.234 e. The van der Waals surface area contributed by atoms with E-state index in [1.807, 2.05) is 41.3 Å². The number of nitrogens with one attached hydrogen (secondary N) is 2. The van der Waals surface area contributed by atoms with Crippen LogP contribution in [-0.2, 0) is 30.7 Å². The highest BCUT2D eigenvalue weighted by Crippen LogP contribution is 2.19. The standard InChI is InChI=1S/C23H24ClN3O2/c1-2-15-7-8-20-17(11-15)23(29)18-13-27(10-9-21(18)26-20)14-22(28)25-12-16-5-3-4-6-19(16)24/h3-8,11H,2,9-10,12-14H2,1H3,(H,25,28)(H,26,29). The molecule has 1 amide bonds. The Morgan fingerprint density at radius 2 is 2.07 bits per heavy atom. The molecule has 1 aliphatic rings. The molecule has 29 heavy (non-hydrogen) atoms. The number of aryl methyl sites for hydroxylation is 1. The average molecular weight is 410 g/mol. The van der Waals surface area contributed by atoms with Crippen molar-refractivity contribution in [3.8, 4) is 0 Å². The average Bonchev–Trinajstić information content (AvgIpc) is 2.73. The highest BCUT2D eigenvalue weighted by atomic mass is 35.5. The van der Waals surface area contributed by atoms with Crippen molar-refractivity contribution in [1.29, 1.82) is 0 Å². The lowest BCUT2D eigenvalue weighted by atomic mass is 10.0. The van der Waals surface area contributed by atoms with Crippen molar-refractivity contribution in [3.05, 3.63) is 80.1 Å². The first kappa shape index (κ1) is 19.7. The van der Waals surface area contributed by atoms with Crippen LogP contribution in [0.25, 0.3) is 10.9 Å². The van der Waals surface area contributed by atoms with Crippen LogP contribution < -0.4 is 10.7 Å². The molecule has 0 fully saturated rings. The lowest BCUT2D eigenvalue weighted by Gasteiger charge is -2.28. The molecule has 150 valence electrons. The molecule has 0 bridgehead atoms. The molecule has 0 atom stereocenters. The molecule has 0 radical (unpaired) electrons. The largest absolute Gasteiger partial charge is 0.358 e. The topological polar surface area (TPSA) is 65.2 Å². The Balaban J connectivity index is 1.46. The van der Waals surface area contributed by atoms with Crippen LogP contribution in [0.15, 0.2) is 47.3 Å². The van der Waals surface area contributed by atoms with Gasteiger partial charge in [-0.15, -0.1) is 0 Å². The second kappa shape index (κ2) is 8.39. The molecule has 1 aromatic heterocycles. The number of pyridine rings is 1. The fraction of sp³-hybridized carbons (Fsp3) is 0.304. The number of aromatic amines is 1. The van der Waals surface area contributed by atoms with Crippen LogP contribution in [0.4, 0.5) is 0 Å². The van der Waals surface area contributed by atoms with Gasteiger partial charge in [0.15, 0.2) is 5.43 Å². The van der Waals surface area contributed by atoms with Gasteiger partial charge in [0, 0.05) is 53.2 Å². The summed E-state index contributed by atoms with van der Waals surface area (Å²) in [6.45, 7) is 3.96. The van der Waals surface area contributed by atoms with Gasteiger partial charge < -0.3 is 10.3 Å². The Hall–Kier alpha value is -2.63. The number of amides is 1. The Labute approximate surface area is 174 Å².